The van der Waals surface area contributed by atoms with Crippen LogP contribution in [0.1, 0.15) is 13.8 Å². The highest BCUT2D eigenvalue weighted by atomic mass is 79.9. The van der Waals surface area contributed by atoms with Gasteiger partial charge in [0.1, 0.15) is 6.61 Å². The first-order valence-corrected chi connectivity index (χ1v) is 12.6. The highest BCUT2D eigenvalue weighted by Crippen LogP contribution is 2.46. The van der Waals surface area contributed by atoms with Crippen molar-refractivity contribution in [1.29, 1.82) is 0 Å². The number of nitrogens with zero attached hydrogens (tertiary/aromatic N) is 2. The second-order valence-electron chi connectivity index (χ2n) is 6.51. The molecule has 0 radical (unpaired) electrons. The lowest BCUT2D eigenvalue weighted by Crippen LogP contribution is -2.38. The fraction of sp³-hybridized carbons (Fsp3) is 0.556. The van der Waals surface area contributed by atoms with Crippen molar-refractivity contribution >= 4 is 54.3 Å². The second-order valence-corrected chi connectivity index (χ2v) is 10.7. The van der Waals surface area contributed by atoms with Crippen LogP contribution in [-0.4, -0.2) is 69.2 Å². The minimum absolute atomic E-state index is 0.00573. The van der Waals surface area contributed by atoms with Crippen LogP contribution in [0.5, 0.6) is 11.5 Å². The number of aliphatic imine (C=N–C) groups is 1. The van der Waals surface area contributed by atoms with E-state index >= 15 is 0 Å². The van der Waals surface area contributed by atoms with Gasteiger partial charge < -0.3 is 19.1 Å². The quantitative estimate of drug-likeness (QED) is 0.556. The molecule has 2 aliphatic rings. The summed E-state index contributed by atoms with van der Waals surface area (Å²) in [6, 6.07) is 3.27. The molecule has 11 heteroatoms. The molecule has 2 atom stereocenters. The number of hydrogen-bond acceptors (Lipinski definition) is 7. The molecule has 1 amide bonds. The van der Waals surface area contributed by atoms with Gasteiger partial charge in [0.05, 0.1) is 36.4 Å². The number of amides is 1. The van der Waals surface area contributed by atoms with Crippen molar-refractivity contribution in [2.45, 2.75) is 25.1 Å². The summed E-state index contributed by atoms with van der Waals surface area (Å²) in [5, 5.41) is 0.271. The Kier molecular flexibility index (Phi) is 7.13. The molecule has 2 aliphatic heterocycles. The molecule has 0 saturated carbocycles. The third-order valence-corrected chi connectivity index (χ3v) is 8.27. The molecule has 29 heavy (non-hydrogen) atoms. The number of amidine groups is 1. The summed E-state index contributed by atoms with van der Waals surface area (Å²) in [7, 11) is -1.73. The number of halogens is 1. The van der Waals surface area contributed by atoms with E-state index < -0.39 is 15.7 Å². The highest BCUT2D eigenvalue weighted by Gasteiger charge is 2.50. The molecule has 0 aromatic heterocycles. The van der Waals surface area contributed by atoms with Gasteiger partial charge in [-0.1, -0.05) is 11.8 Å². The summed E-state index contributed by atoms with van der Waals surface area (Å²) in [6.45, 7) is 4.55. The van der Waals surface area contributed by atoms with Gasteiger partial charge in [-0.15, -0.1) is 0 Å². The summed E-state index contributed by atoms with van der Waals surface area (Å²) in [4.78, 5) is 18.1. The number of thioether (sulfide) groups is 1. The summed E-state index contributed by atoms with van der Waals surface area (Å²) >= 11 is 4.87. The Morgan fingerprint density at radius 1 is 1.24 bits per heavy atom. The standard InChI is InChI=1S/C18H23BrN2O6S2/c1-4-26-14-6-11(19)12(7-15(14)27-5-2)21-13-9-29(23,24)10-16(13)28-18(21)20-17(22)8-25-3/h6-7,13,16H,4-5,8-10H2,1-3H3/t13-,16-/m1/s1. The first-order valence-electron chi connectivity index (χ1n) is 9.15. The second kappa shape index (κ2) is 9.23. The zero-order valence-corrected chi connectivity index (χ0v) is 19.6. The number of anilines is 1. The lowest BCUT2D eigenvalue weighted by molar-refractivity contribution is -0.121. The van der Waals surface area contributed by atoms with E-state index in [1.165, 1.54) is 18.9 Å². The van der Waals surface area contributed by atoms with Gasteiger partial charge in [-0.05, 0) is 29.8 Å². The molecule has 3 rings (SSSR count). The number of carbonyl (C=O) groups excluding carboxylic acids is 1. The number of hydrogen-bond donors (Lipinski definition) is 0. The molecular weight excluding hydrogens is 484 g/mol. The molecule has 1 aromatic carbocycles. The molecule has 160 valence electrons. The lowest BCUT2D eigenvalue weighted by atomic mass is 10.2. The summed E-state index contributed by atoms with van der Waals surface area (Å²) < 4.78 is 41.4. The zero-order chi connectivity index (χ0) is 21.2. The van der Waals surface area contributed by atoms with Crippen molar-refractivity contribution in [1.82, 2.24) is 0 Å². The number of sulfone groups is 1. The Balaban J connectivity index is 2.08. The molecule has 2 saturated heterocycles. The molecule has 2 fully saturated rings. The van der Waals surface area contributed by atoms with E-state index in [1.54, 1.807) is 12.1 Å². The predicted octanol–water partition coefficient (Wildman–Crippen LogP) is 2.49. The van der Waals surface area contributed by atoms with Gasteiger partial charge in [0.25, 0.3) is 5.91 Å². The van der Waals surface area contributed by atoms with Crippen LogP contribution in [0.25, 0.3) is 0 Å². The number of fused-ring (bicyclic) bond motifs is 1. The van der Waals surface area contributed by atoms with Crippen LogP contribution in [0.4, 0.5) is 5.69 Å². The monoisotopic (exact) mass is 506 g/mol. The van der Waals surface area contributed by atoms with Crippen molar-refractivity contribution in [3.05, 3.63) is 16.6 Å². The molecule has 0 bridgehead atoms. The zero-order valence-electron chi connectivity index (χ0n) is 16.4. The first-order chi connectivity index (χ1) is 13.8. The molecule has 0 aliphatic carbocycles. The molecule has 2 heterocycles. The van der Waals surface area contributed by atoms with Crippen molar-refractivity contribution in [2.24, 2.45) is 4.99 Å². The third-order valence-electron chi connectivity index (χ3n) is 4.43. The van der Waals surface area contributed by atoms with Gasteiger partial charge in [-0.2, -0.15) is 4.99 Å². The Labute approximate surface area is 183 Å². The molecule has 8 nitrogen and oxygen atoms in total. The smallest absolute Gasteiger partial charge is 0.274 e. The summed E-state index contributed by atoms with van der Waals surface area (Å²) in [5.74, 6) is 0.774. The lowest BCUT2D eigenvalue weighted by Gasteiger charge is -2.27. The average Bonchev–Trinajstić information content (AvgIpc) is 3.09. The van der Waals surface area contributed by atoms with Crippen LogP contribution in [0.2, 0.25) is 0 Å². The first kappa shape index (κ1) is 22.4. The Bertz CT molecular complexity index is 921. The van der Waals surface area contributed by atoms with Crippen LogP contribution < -0.4 is 14.4 Å². The van der Waals surface area contributed by atoms with Crippen LogP contribution >= 0.6 is 27.7 Å². The van der Waals surface area contributed by atoms with E-state index in [0.717, 1.165) is 0 Å². The molecule has 1 aromatic rings. The maximum atomic E-state index is 12.2. The molecule has 0 unspecified atom stereocenters. The SMILES string of the molecule is CCOc1cc(Br)c(N2C(=NC(=O)COC)S[C@@H]3CS(=O)(=O)C[C@H]32)cc1OCC. The van der Waals surface area contributed by atoms with Crippen molar-refractivity contribution in [3.8, 4) is 11.5 Å². The maximum absolute atomic E-state index is 12.2. The molecule has 0 spiro atoms. The highest BCUT2D eigenvalue weighted by molar-refractivity contribution is 9.10. The number of methoxy groups -OCH3 is 1. The third kappa shape index (κ3) is 4.89. The normalized spacial score (nSPS) is 24.0. The van der Waals surface area contributed by atoms with Gasteiger partial charge in [-0.3, -0.25) is 4.79 Å². The average molecular weight is 507 g/mol. The van der Waals surface area contributed by atoms with Crippen LogP contribution in [-0.2, 0) is 19.4 Å². The number of carbonyl (C=O) groups is 1. The minimum atomic E-state index is -3.16. The van der Waals surface area contributed by atoms with Crippen LogP contribution in [0.15, 0.2) is 21.6 Å². The topological polar surface area (TPSA) is 94.5 Å². The van der Waals surface area contributed by atoms with E-state index in [0.29, 0.717) is 40.0 Å². The fourth-order valence-corrected chi connectivity index (χ4v) is 7.79. The Morgan fingerprint density at radius 2 is 1.90 bits per heavy atom. The van der Waals surface area contributed by atoms with Crippen LogP contribution in [0.3, 0.4) is 0 Å². The number of benzene rings is 1. The van der Waals surface area contributed by atoms with Crippen molar-refractivity contribution in [2.75, 3.05) is 43.3 Å². The van der Waals surface area contributed by atoms with E-state index in [9.17, 15) is 13.2 Å². The Morgan fingerprint density at radius 3 is 2.52 bits per heavy atom. The van der Waals surface area contributed by atoms with Gasteiger partial charge in [0.15, 0.2) is 26.5 Å². The van der Waals surface area contributed by atoms with E-state index in [2.05, 4.69) is 20.9 Å². The largest absolute Gasteiger partial charge is 0.490 e. The molecular formula is C18H23BrN2O6S2. The van der Waals surface area contributed by atoms with Crippen LogP contribution in [0, 0.1) is 0 Å². The van der Waals surface area contributed by atoms with Crippen molar-refractivity contribution in [3.63, 3.8) is 0 Å². The van der Waals surface area contributed by atoms with Gasteiger partial charge in [0.2, 0.25) is 0 Å². The minimum Gasteiger partial charge on any atom is -0.490 e. The van der Waals surface area contributed by atoms with E-state index in [1.807, 2.05) is 18.7 Å². The van der Waals surface area contributed by atoms with Gasteiger partial charge >= 0.3 is 0 Å². The van der Waals surface area contributed by atoms with E-state index in [-0.39, 0.29) is 29.4 Å². The summed E-state index contributed by atoms with van der Waals surface area (Å²) in [5.41, 5.74) is 0.679. The maximum Gasteiger partial charge on any atom is 0.274 e. The number of rotatable bonds is 7. The summed E-state index contributed by atoms with van der Waals surface area (Å²) in [6.07, 6.45) is 0. The van der Waals surface area contributed by atoms with Gasteiger partial charge in [-0.25, -0.2) is 8.42 Å². The van der Waals surface area contributed by atoms with E-state index in [4.69, 9.17) is 14.2 Å². The number of ether oxygens (including phenoxy) is 3. The molecule has 0 N–H and O–H groups in total. The van der Waals surface area contributed by atoms with Gasteiger partial charge in [0, 0.05) is 29.0 Å². The Hall–Kier alpha value is -1.30. The fourth-order valence-electron chi connectivity index (χ4n) is 3.35. The van der Waals surface area contributed by atoms with Crippen molar-refractivity contribution < 1.29 is 27.4 Å². The predicted molar refractivity (Wildman–Crippen MR) is 117 cm³/mol.